The van der Waals surface area contributed by atoms with Crippen LogP contribution in [0.15, 0.2) is 24.4 Å². The molecule has 2 rings (SSSR count). The van der Waals surface area contributed by atoms with Crippen molar-refractivity contribution in [2.45, 2.75) is 12.5 Å². The quantitative estimate of drug-likeness (QED) is 0.932. The van der Waals surface area contributed by atoms with Crippen molar-refractivity contribution < 1.29 is 0 Å². The van der Waals surface area contributed by atoms with E-state index in [2.05, 4.69) is 10.3 Å². The molecule has 0 spiro atoms. The molecule has 2 aromatic rings. The van der Waals surface area contributed by atoms with Crippen LogP contribution >= 0.6 is 23.2 Å². The van der Waals surface area contributed by atoms with E-state index < -0.39 is 0 Å². The highest BCUT2D eigenvalue weighted by molar-refractivity contribution is 6.35. The molecule has 0 aliphatic heterocycles. The Balaban J connectivity index is 2.25. The van der Waals surface area contributed by atoms with Crippen LogP contribution in [0, 0.1) is 0 Å². The normalized spacial score (nSPS) is 12.7. The molecule has 1 unspecified atom stereocenters. The first-order valence-corrected chi connectivity index (χ1v) is 5.88. The van der Waals surface area contributed by atoms with Gasteiger partial charge in [0.2, 0.25) is 0 Å². The standard InChI is InChI=1S/C11H12Cl2N4/c1-17-11(6-15-16-17)10(14)5-7-8(12)3-2-4-9(7)13/h2-4,6,10H,5,14H2,1H3. The summed E-state index contributed by atoms with van der Waals surface area (Å²) in [5.74, 6) is 0. The van der Waals surface area contributed by atoms with E-state index in [4.69, 9.17) is 28.9 Å². The molecule has 1 aromatic carbocycles. The summed E-state index contributed by atoms with van der Waals surface area (Å²) in [5.41, 5.74) is 7.79. The SMILES string of the molecule is Cn1nncc1C(N)Cc1c(Cl)cccc1Cl. The average Bonchev–Trinajstić information content (AvgIpc) is 2.70. The fourth-order valence-electron chi connectivity index (χ4n) is 1.69. The van der Waals surface area contributed by atoms with Crippen molar-refractivity contribution in [3.05, 3.63) is 45.7 Å². The lowest BCUT2D eigenvalue weighted by Gasteiger charge is -2.13. The molecule has 6 heteroatoms. The lowest BCUT2D eigenvalue weighted by molar-refractivity contribution is 0.607. The van der Waals surface area contributed by atoms with Gasteiger partial charge in [0.25, 0.3) is 0 Å². The van der Waals surface area contributed by atoms with Crippen LogP contribution in [0.4, 0.5) is 0 Å². The van der Waals surface area contributed by atoms with E-state index in [1.54, 1.807) is 30.1 Å². The number of aromatic nitrogens is 3. The number of benzene rings is 1. The summed E-state index contributed by atoms with van der Waals surface area (Å²) >= 11 is 12.2. The Labute approximate surface area is 109 Å². The molecule has 1 atom stereocenters. The molecule has 0 aliphatic rings. The maximum atomic E-state index is 6.10. The van der Waals surface area contributed by atoms with Gasteiger partial charge in [-0.05, 0) is 24.1 Å². The van der Waals surface area contributed by atoms with Crippen LogP contribution in [0.25, 0.3) is 0 Å². The first-order chi connectivity index (χ1) is 8.09. The van der Waals surface area contributed by atoms with Crippen molar-refractivity contribution in [3.8, 4) is 0 Å². The van der Waals surface area contributed by atoms with Crippen LogP contribution in [-0.2, 0) is 13.5 Å². The van der Waals surface area contributed by atoms with Gasteiger partial charge in [-0.15, -0.1) is 5.10 Å². The minimum atomic E-state index is -0.229. The first kappa shape index (κ1) is 12.4. The van der Waals surface area contributed by atoms with Gasteiger partial charge in [-0.1, -0.05) is 34.5 Å². The van der Waals surface area contributed by atoms with Gasteiger partial charge in [0.05, 0.1) is 17.9 Å². The topological polar surface area (TPSA) is 56.7 Å². The van der Waals surface area contributed by atoms with Crippen molar-refractivity contribution in [2.24, 2.45) is 12.8 Å². The Hall–Kier alpha value is -1.10. The number of aryl methyl sites for hydroxylation is 1. The third kappa shape index (κ3) is 2.60. The molecular weight excluding hydrogens is 259 g/mol. The van der Waals surface area contributed by atoms with E-state index in [1.807, 2.05) is 6.07 Å². The Morgan fingerprint density at radius 1 is 1.35 bits per heavy atom. The van der Waals surface area contributed by atoms with Crippen LogP contribution in [0.2, 0.25) is 10.0 Å². The van der Waals surface area contributed by atoms with E-state index in [0.717, 1.165) is 11.3 Å². The number of rotatable bonds is 3. The number of nitrogens with zero attached hydrogens (tertiary/aromatic N) is 3. The molecule has 0 saturated heterocycles. The van der Waals surface area contributed by atoms with Gasteiger partial charge in [-0.3, -0.25) is 4.68 Å². The van der Waals surface area contributed by atoms with Crippen LogP contribution < -0.4 is 5.73 Å². The second-order valence-corrected chi connectivity index (χ2v) is 4.61. The molecule has 1 heterocycles. The Morgan fingerprint density at radius 3 is 2.53 bits per heavy atom. The van der Waals surface area contributed by atoms with Gasteiger partial charge < -0.3 is 5.73 Å². The third-order valence-corrected chi connectivity index (χ3v) is 3.32. The van der Waals surface area contributed by atoms with Gasteiger partial charge in [0.15, 0.2) is 0 Å². The average molecular weight is 271 g/mol. The zero-order valence-corrected chi connectivity index (χ0v) is 10.8. The van der Waals surface area contributed by atoms with Crippen molar-refractivity contribution >= 4 is 23.2 Å². The van der Waals surface area contributed by atoms with Crippen molar-refractivity contribution in [2.75, 3.05) is 0 Å². The Morgan fingerprint density at radius 2 is 2.00 bits per heavy atom. The maximum Gasteiger partial charge on any atom is 0.0754 e. The maximum absolute atomic E-state index is 6.10. The van der Waals surface area contributed by atoms with Crippen LogP contribution in [0.5, 0.6) is 0 Å². The summed E-state index contributed by atoms with van der Waals surface area (Å²) in [6, 6.07) is 5.19. The smallest absolute Gasteiger partial charge is 0.0754 e. The highest BCUT2D eigenvalue weighted by atomic mass is 35.5. The molecular formula is C11H12Cl2N4. The molecule has 0 aliphatic carbocycles. The van der Waals surface area contributed by atoms with Crippen LogP contribution in [0.1, 0.15) is 17.3 Å². The summed E-state index contributed by atoms with van der Waals surface area (Å²) in [7, 11) is 1.80. The van der Waals surface area contributed by atoms with E-state index in [1.165, 1.54) is 0 Å². The minimum absolute atomic E-state index is 0.229. The summed E-state index contributed by atoms with van der Waals surface area (Å²) < 4.78 is 1.65. The fraction of sp³-hybridized carbons (Fsp3) is 0.273. The molecule has 0 radical (unpaired) electrons. The molecule has 4 nitrogen and oxygen atoms in total. The largest absolute Gasteiger partial charge is 0.322 e. The predicted octanol–water partition coefficient (Wildman–Crippen LogP) is 2.36. The lowest BCUT2D eigenvalue weighted by Crippen LogP contribution is -2.17. The summed E-state index contributed by atoms with van der Waals surface area (Å²) in [4.78, 5) is 0. The Bertz CT molecular complexity index is 504. The Kier molecular flexibility index (Phi) is 3.66. The number of hydrogen-bond donors (Lipinski definition) is 1. The van der Waals surface area contributed by atoms with E-state index in [-0.39, 0.29) is 6.04 Å². The number of halogens is 2. The third-order valence-electron chi connectivity index (χ3n) is 2.62. The molecule has 2 N–H and O–H groups in total. The first-order valence-electron chi connectivity index (χ1n) is 5.12. The van der Waals surface area contributed by atoms with E-state index in [0.29, 0.717) is 16.5 Å². The predicted molar refractivity (Wildman–Crippen MR) is 68.1 cm³/mol. The molecule has 0 bridgehead atoms. The monoisotopic (exact) mass is 270 g/mol. The van der Waals surface area contributed by atoms with E-state index in [9.17, 15) is 0 Å². The molecule has 17 heavy (non-hydrogen) atoms. The molecule has 0 saturated carbocycles. The molecule has 0 amide bonds. The number of nitrogens with two attached hydrogens (primary N) is 1. The van der Waals surface area contributed by atoms with Crippen LogP contribution in [0.3, 0.4) is 0 Å². The summed E-state index contributed by atoms with van der Waals surface area (Å²) in [6.45, 7) is 0. The van der Waals surface area contributed by atoms with Gasteiger partial charge in [0.1, 0.15) is 0 Å². The van der Waals surface area contributed by atoms with Crippen molar-refractivity contribution in [3.63, 3.8) is 0 Å². The van der Waals surface area contributed by atoms with E-state index >= 15 is 0 Å². The fourth-order valence-corrected chi connectivity index (χ4v) is 2.24. The summed E-state index contributed by atoms with van der Waals surface area (Å²) in [5, 5.41) is 8.90. The summed E-state index contributed by atoms with van der Waals surface area (Å²) in [6.07, 6.45) is 2.20. The van der Waals surface area contributed by atoms with Gasteiger partial charge in [-0.2, -0.15) is 0 Å². The highest BCUT2D eigenvalue weighted by Crippen LogP contribution is 2.28. The van der Waals surface area contributed by atoms with Crippen LogP contribution in [-0.4, -0.2) is 15.0 Å². The highest BCUT2D eigenvalue weighted by Gasteiger charge is 2.15. The molecule has 90 valence electrons. The second-order valence-electron chi connectivity index (χ2n) is 3.79. The lowest BCUT2D eigenvalue weighted by atomic mass is 10.0. The van der Waals surface area contributed by atoms with Gasteiger partial charge in [0, 0.05) is 17.1 Å². The van der Waals surface area contributed by atoms with Crippen molar-refractivity contribution in [1.82, 2.24) is 15.0 Å². The molecule has 1 aromatic heterocycles. The van der Waals surface area contributed by atoms with Gasteiger partial charge >= 0.3 is 0 Å². The zero-order chi connectivity index (χ0) is 12.4. The van der Waals surface area contributed by atoms with Crippen molar-refractivity contribution in [1.29, 1.82) is 0 Å². The molecule has 0 fully saturated rings. The second kappa shape index (κ2) is 5.04. The zero-order valence-electron chi connectivity index (χ0n) is 9.27. The minimum Gasteiger partial charge on any atom is -0.322 e. The number of hydrogen-bond acceptors (Lipinski definition) is 3. The van der Waals surface area contributed by atoms with Gasteiger partial charge in [-0.25, -0.2) is 0 Å².